The molecule has 4 rings (SSSR count). The van der Waals surface area contributed by atoms with Crippen LogP contribution in [0, 0.1) is 0 Å². The van der Waals surface area contributed by atoms with Gasteiger partial charge in [-0.25, -0.2) is 4.68 Å². The van der Waals surface area contributed by atoms with Crippen molar-refractivity contribution in [2.45, 2.75) is 19.5 Å². The monoisotopic (exact) mass is 452 g/mol. The summed E-state index contributed by atoms with van der Waals surface area (Å²) in [5, 5.41) is 12.9. The Morgan fingerprint density at radius 3 is 2.24 bits per heavy atom. The van der Waals surface area contributed by atoms with Crippen molar-refractivity contribution in [2.75, 3.05) is 54.1 Å². The first-order valence-corrected chi connectivity index (χ1v) is 11.2. The lowest BCUT2D eigenvalue weighted by molar-refractivity contribution is 0.108. The van der Waals surface area contributed by atoms with Gasteiger partial charge < -0.3 is 19.1 Å². The third-order valence-electron chi connectivity index (χ3n) is 6.24. The summed E-state index contributed by atoms with van der Waals surface area (Å²) in [5.74, 6) is 3.03. The Balaban J connectivity index is 1.69. The molecule has 9 nitrogen and oxygen atoms in total. The molecule has 0 saturated carbocycles. The number of ether oxygens (including phenoxy) is 3. The number of tetrazole rings is 1. The Bertz CT molecular complexity index is 1030. The van der Waals surface area contributed by atoms with E-state index in [-0.39, 0.29) is 6.04 Å². The minimum atomic E-state index is -0.0999. The molecule has 0 N–H and O–H groups in total. The molecule has 0 bridgehead atoms. The molecule has 1 aliphatic heterocycles. The first-order valence-electron chi connectivity index (χ1n) is 11.2. The molecular weight excluding hydrogens is 420 g/mol. The van der Waals surface area contributed by atoms with E-state index in [1.165, 1.54) is 0 Å². The molecule has 0 aliphatic carbocycles. The number of rotatable bonds is 9. The Kier molecular flexibility index (Phi) is 7.41. The predicted molar refractivity (Wildman–Crippen MR) is 125 cm³/mol. The van der Waals surface area contributed by atoms with Crippen LogP contribution in [0.2, 0.25) is 0 Å². The zero-order chi connectivity index (χ0) is 23.2. The molecule has 33 heavy (non-hydrogen) atoms. The molecule has 3 aromatic rings. The van der Waals surface area contributed by atoms with Gasteiger partial charge in [0.2, 0.25) is 0 Å². The van der Waals surface area contributed by atoms with Crippen LogP contribution in [0.15, 0.2) is 42.5 Å². The summed E-state index contributed by atoms with van der Waals surface area (Å²) in [7, 11) is 4.97. The van der Waals surface area contributed by atoms with Crippen LogP contribution in [0.4, 0.5) is 0 Å². The van der Waals surface area contributed by atoms with Crippen LogP contribution in [-0.4, -0.2) is 84.1 Å². The molecule has 176 valence electrons. The average molecular weight is 453 g/mol. The van der Waals surface area contributed by atoms with Gasteiger partial charge in [-0.05, 0) is 52.4 Å². The summed E-state index contributed by atoms with van der Waals surface area (Å²) in [4.78, 5) is 4.91. The molecular formula is C24H32N6O3. The highest BCUT2D eigenvalue weighted by Gasteiger charge is 2.31. The molecule has 2 aromatic carbocycles. The highest BCUT2D eigenvalue weighted by Crippen LogP contribution is 2.35. The largest absolute Gasteiger partial charge is 0.497 e. The molecule has 0 unspecified atom stereocenters. The fraction of sp³-hybridized carbons (Fsp3) is 0.458. The van der Waals surface area contributed by atoms with E-state index in [1.54, 1.807) is 21.3 Å². The predicted octanol–water partition coefficient (Wildman–Crippen LogP) is 2.47. The van der Waals surface area contributed by atoms with Gasteiger partial charge in [0.15, 0.2) is 17.3 Å². The fourth-order valence-corrected chi connectivity index (χ4v) is 4.31. The second-order valence-electron chi connectivity index (χ2n) is 8.03. The van der Waals surface area contributed by atoms with E-state index in [0.717, 1.165) is 55.4 Å². The summed E-state index contributed by atoms with van der Waals surface area (Å²) in [6.07, 6.45) is 0. The maximum Gasteiger partial charge on any atom is 0.173 e. The Morgan fingerprint density at radius 2 is 1.61 bits per heavy atom. The van der Waals surface area contributed by atoms with Gasteiger partial charge in [0.25, 0.3) is 0 Å². The number of hydrogen-bond donors (Lipinski definition) is 0. The smallest absolute Gasteiger partial charge is 0.173 e. The lowest BCUT2D eigenvalue weighted by atomic mass is 10.0. The Morgan fingerprint density at radius 1 is 0.879 bits per heavy atom. The van der Waals surface area contributed by atoms with Crippen molar-refractivity contribution >= 4 is 0 Å². The third-order valence-corrected chi connectivity index (χ3v) is 6.24. The first kappa shape index (κ1) is 23.0. The van der Waals surface area contributed by atoms with Crippen molar-refractivity contribution in [3.63, 3.8) is 0 Å². The van der Waals surface area contributed by atoms with Crippen LogP contribution < -0.4 is 14.2 Å². The Hall–Kier alpha value is -3.17. The quantitative estimate of drug-likeness (QED) is 0.490. The molecule has 9 heteroatoms. The summed E-state index contributed by atoms with van der Waals surface area (Å²) >= 11 is 0. The van der Waals surface area contributed by atoms with E-state index < -0.39 is 0 Å². The second kappa shape index (κ2) is 10.6. The van der Waals surface area contributed by atoms with Crippen LogP contribution in [0.25, 0.3) is 0 Å². The number of likely N-dealkylation sites (N-methyl/N-ethyl adjacent to an activating group) is 1. The Labute approximate surface area is 194 Å². The summed E-state index contributed by atoms with van der Waals surface area (Å²) in [5.41, 5.74) is 2.18. The maximum atomic E-state index is 5.59. The summed E-state index contributed by atoms with van der Waals surface area (Å²) in [6.45, 7) is 7.73. The number of hydrogen-bond acceptors (Lipinski definition) is 8. The molecule has 1 saturated heterocycles. The van der Waals surface area contributed by atoms with Crippen molar-refractivity contribution in [3.8, 4) is 17.2 Å². The summed E-state index contributed by atoms with van der Waals surface area (Å²) < 4.78 is 18.2. The van der Waals surface area contributed by atoms with Gasteiger partial charge in [-0.15, -0.1) is 5.10 Å². The first-order chi connectivity index (χ1) is 16.2. The number of piperazine rings is 1. The third kappa shape index (κ3) is 5.09. The number of benzene rings is 2. The molecule has 1 aromatic heterocycles. The van der Waals surface area contributed by atoms with Gasteiger partial charge in [0.05, 0.1) is 33.9 Å². The minimum Gasteiger partial charge on any atom is -0.497 e. The normalized spacial score (nSPS) is 15.9. The van der Waals surface area contributed by atoms with Crippen LogP contribution in [0.3, 0.4) is 0 Å². The van der Waals surface area contributed by atoms with Gasteiger partial charge >= 0.3 is 0 Å². The SMILES string of the molecule is CCN1CCN([C@H](c2ccc(OC)c(OC)c2)c2nnnn2Cc2ccc(OC)cc2)CC1. The molecule has 0 radical (unpaired) electrons. The minimum absolute atomic E-state index is 0.0999. The molecule has 1 fully saturated rings. The lowest BCUT2D eigenvalue weighted by Gasteiger charge is -2.38. The van der Waals surface area contributed by atoms with Gasteiger partial charge in [-0.1, -0.05) is 25.1 Å². The van der Waals surface area contributed by atoms with Crippen LogP contribution >= 0.6 is 0 Å². The maximum absolute atomic E-state index is 5.59. The summed E-state index contributed by atoms with van der Waals surface area (Å²) in [6, 6.07) is 13.9. The van der Waals surface area contributed by atoms with Crippen molar-refractivity contribution in [2.24, 2.45) is 0 Å². The van der Waals surface area contributed by atoms with E-state index in [9.17, 15) is 0 Å². The zero-order valence-electron chi connectivity index (χ0n) is 19.8. The lowest BCUT2D eigenvalue weighted by Crippen LogP contribution is -2.48. The topological polar surface area (TPSA) is 77.8 Å². The number of nitrogens with zero attached hydrogens (tertiary/aromatic N) is 6. The molecule has 1 aliphatic rings. The van der Waals surface area contributed by atoms with Crippen LogP contribution in [0.5, 0.6) is 17.2 Å². The van der Waals surface area contributed by atoms with Gasteiger partial charge in [-0.2, -0.15) is 0 Å². The fourth-order valence-electron chi connectivity index (χ4n) is 4.31. The van der Waals surface area contributed by atoms with Crippen LogP contribution in [-0.2, 0) is 6.54 Å². The van der Waals surface area contributed by atoms with Gasteiger partial charge in [0.1, 0.15) is 5.75 Å². The molecule has 1 atom stereocenters. The van der Waals surface area contributed by atoms with E-state index in [1.807, 2.05) is 41.1 Å². The zero-order valence-corrected chi connectivity index (χ0v) is 19.8. The van der Waals surface area contributed by atoms with E-state index in [0.29, 0.717) is 18.0 Å². The molecule has 0 spiro atoms. The highest BCUT2D eigenvalue weighted by molar-refractivity contribution is 5.45. The number of methoxy groups -OCH3 is 3. The van der Waals surface area contributed by atoms with Crippen molar-refractivity contribution < 1.29 is 14.2 Å². The molecule has 2 heterocycles. The van der Waals surface area contributed by atoms with E-state index in [2.05, 4.69) is 38.3 Å². The highest BCUT2D eigenvalue weighted by atomic mass is 16.5. The second-order valence-corrected chi connectivity index (χ2v) is 8.03. The standard InChI is InChI=1S/C24H32N6O3/c1-5-28-12-14-29(15-13-28)23(19-8-11-21(32-3)22(16-19)33-4)24-25-26-27-30(24)17-18-6-9-20(31-2)10-7-18/h6-11,16,23H,5,12-15,17H2,1-4H3/t23-/m1/s1. The van der Waals surface area contributed by atoms with Crippen molar-refractivity contribution in [1.29, 1.82) is 0 Å². The van der Waals surface area contributed by atoms with E-state index in [4.69, 9.17) is 14.2 Å². The molecule has 0 amide bonds. The van der Waals surface area contributed by atoms with Gasteiger partial charge in [-0.3, -0.25) is 4.90 Å². The van der Waals surface area contributed by atoms with E-state index >= 15 is 0 Å². The van der Waals surface area contributed by atoms with Crippen LogP contribution in [0.1, 0.15) is 29.9 Å². The average Bonchev–Trinajstić information content (AvgIpc) is 3.32. The van der Waals surface area contributed by atoms with Crippen molar-refractivity contribution in [1.82, 2.24) is 30.0 Å². The van der Waals surface area contributed by atoms with Gasteiger partial charge in [0, 0.05) is 26.2 Å². The van der Waals surface area contributed by atoms with Crippen molar-refractivity contribution in [3.05, 3.63) is 59.4 Å². The number of aromatic nitrogens is 4.